The lowest BCUT2D eigenvalue weighted by molar-refractivity contribution is -0.122. The van der Waals surface area contributed by atoms with E-state index in [9.17, 15) is 14.4 Å². The van der Waals surface area contributed by atoms with Gasteiger partial charge in [-0.25, -0.2) is 0 Å². The van der Waals surface area contributed by atoms with Crippen molar-refractivity contribution in [2.24, 2.45) is 0 Å². The third-order valence-corrected chi connectivity index (χ3v) is 3.11. The van der Waals surface area contributed by atoms with Gasteiger partial charge in [-0.05, 0) is 12.1 Å². The molecule has 0 fully saturated rings. The molecule has 0 atom stereocenters. The Balaban J connectivity index is 2.16. The number of hydrogen-bond acceptors (Lipinski definition) is 5. The van der Waals surface area contributed by atoms with Crippen molar-refractivity contribution in [1.29, 1.82) is 0 Å². The zero-order chi connectivity index (χ0) is 15.4. The Labute approximate surface area is 121 Å². The molecular weight excluding hydrogens is 276 g/mol. The molecule has 0 saturated heterocycles. The van der Waals surface area contributed by atoms with Crippen molar-refractivity contribution in [3.63, 3.8) is 0 Å². The molecule has 0 aromatic heterocycles. The number of ether oxygens (including phenoxy) is 2. The summed E-state index contributed by atoms with van der Waals surface area (Å²) in [5.74, 6) is -1.16. The standard InChI is InChI=1S/C14H16N2O5/c1-20-6-5-15-12(17)8-16-11-7-9(21-2)3-4-10(11)13(18)14(16)19/h3-4,7H,5-6,8H2,1-2H3,(H,15,17). The zero-order valence-electron chi connectivity index (χ0n) is 11.8. The number of ketones is 1. The van der Waals surface area contributed by atoms with Crippen LogP contribution in [0.2, 0.25) is 0 Å². The van der Waals surface area contributed by atoms with E-state index < -0.39 is 11.7 Å². The normalized spacial score (nSPS) is 13.3. The van der Waals surface area contributed by atoms with Crippen molar-refractivity contribution in [3.8, 4) is 5.75 Å². The van der Waals surface area contributed by atoms with Crippen LogP contribution in [-0.2, 0) is 14.3 Å². The molecule has 1 N–H and O–H groups in total. The van der Waals surface area contributed by atoms with Crippen LogP contribution in [0.5, 0.6) is 5.75 Å². The number of methoxy groups -OCH3 is 2. The van der Waals surface area contributed by atoms with Gasteiger partial charge in [0.1, 0.15) is 12.3 Å². The van der Waals surface area contributed by atoms with E-state index in [1.807, 2.05) is 0 Å². The maximum absolute atomic E-state index is 12.0. The topological polar surface area (TPSA) is 84.9 Å². The van der Waals surface area contributed by atoms with Crippen LogP contribution in [0.25, 0.3) is 0 Å². The van der Waals surface area contributed by atoms with Crippen LogP contribution in [0, 0.1) is 0 Å². The van der Waals surface area contributed by atoms with Gasteiger partial charge in [-0.2, -0.15) is 0 Å². The Bertz CT molecular complexity index is 585. The minimum Gasteiger partial charge on any atom is -0.497 e. The molecule has 112 valence electrons. The van der Waals surface area contributed by atoms with Gasteiger partial charge in [0.05, 0.1) is 25.0 Å². The van der Waals surface area contributed by atoms with Crippen LogP contribution in [0.15, 0.2) is 18.2 Å². The molecule has 1 aromatic rings. The quantitative estimate of drug-likeness (QED) is 0.588. The number of anilines is 1. The van der Waals surface area contributed by atoms with Crippen LogP contribution < -0.4 is 15.0 Å². The van der Waals surface area contributed by atoms with Gasteiger partial charge in [0.2, 0.25) is 5.91 Å². The number of carbonyl (C=O) groups is 3. The zero-order valence-corrected chi connectivity index (χ0v) is 11.8. The molecule has 7 nitrogen and oxygen atoms in total. The summed E-state index contributed by atoms with van der Waals surface area (Å²) in [7, 11) is 3.01. The number of fused-ring (bicyclic) bond motifs is 1. The molecule has 1 aromatic carbocycles. The maximum atomic E-state index is 12.0. The summed E-state index contributed by atoms with van der Waals surface area (Å²) >= 11 is 0. The van der Waals surface area contributed by atoms with E-state index in [4.69, 9.17) is 9.47 Å². The highest BCUT2D eigenvalue weighted by atomic mass is 16.5. The molecule has 0 spiro atoms. The lowest BCUT2D eigenvalue weighted by atomic mass is 10.1. The van der Waals surface area contributed by atoms with E-state index in [0.717, 1.165) is 4.90 Å². The molecule has 21 heavy (non-hydrogen) atoms. The first-order valence-electron chi connectivity index (χ1n) is 6.38. The predicted molar refractivity (Wildman–Crippen MR) is 74.6 cm³/mol. The van der Waals surface area contributed by atoms with Gasteiger partial charge >= 0.3 is 0 Å². The van der Waals surface area contributed by atoms with Gasteiger partial charge in [-0.15, -0.1) is 0 Å². The van der Waals surface area contributed by atoms with Gasteiger partial charge < -0.3 is 14.8 Å². The van der Waals surface area contributed by atoms with E-state index in [2.05, 4.69) is 5.32 Å². The molecule has 1 heterocycles. The van der Waals surface area contributed by atoms with Crippen LogP contribution >= 0.6 is 0 Å². The highest BCUT2D eigenvalue weighted by Crippen LogP contribution is 2.32. The summed E-state index contributed by atoms with van der Waals surface area (Å²) < 4.78 is 9.90. The Morgan fingerprint density at radius 3 is 2.71 bits per heavy atom. The summed E-state index contributed by atoms with van der Waals surface area (Å²) in [5, 5.41) is 2.60. The number of carbonyl (C=O) groups excluding carboxylic acids is 3. The van der Waals surface area contributed by atoms with Gasteiger partial charge in [0.15, 0.2) is 0 Å². The number of rotatable bonds is 6. The number of Topliss-reactive ketones (excluding diaryl/α,β-unsaturated/α-hetero) is 1. The second-order valence-electron chi connectivity index (χ2n) is 4.45. The number of benzene rings is 1. The average molecular weight is 292 g/mol. The third kappa shape index (κ3) is 3.03. The molecule has 0 bridgehead atoms. The molecule has 0 saturated carbocycles. The van der Waals surface area contributed by atoms with E-state index in [0.29, 0.717) is 24.6 Å². The van der Waals surface area contributed by atoms with Crippen molar-refractivity contribution in [2.75, 3.05) is 38.8 Å². The van der Waals surface area contributed by atoms with E-state index >= 15 is 0 Å². The van der Waals surface area contributed by atoms with Crippen LogP contribution in [0.3, 0.4) is 0 Å². The maximum Gasteiger partial charge on any atom is 0.299 e. The fourth-order valence-electron chi connectivity index (χ4n) is 2.05. The first-order chi connectivity index (χ1) is 10.1. The minimum atomic E-state index is -0.708. The van der Waals surface area contributed by atoms with Gasteiger partial charge in [0, 0.05) is 19.7 Å². The van der Waals surface area contributed by atoms with Gasteiger partial charge in [-0.1, -0.05) is 0 Å². The van der Waals surface area contributed by atoms with Crippen LogP contribution in [0.4, 0.5) is 5.69 Å². The molecule has 7 heteroatoms. The highest BCUT2D eigenvalue weighted by Gasteiger charge is 2.37. The lowest BCUT2D eigenvalue weighted by Gasteiger charge is -2.16. The number of hydrogen-bond donors (Lipinski definition) is 1. The summed E-state index contributed by atoms with van der Waals surface area (Å²) in [4.78, 5) is 36.8. The van der Waals surface area contributed by atoms with Gasteiger partial charge in [0.25, 0.3) is 11.7 Å². The molecule has 2 amide bonds. The van der Waals surface area contributed by atoms with Crippen LogP contribution in [-0.4, -0.2) is 51.5 Å². The summed E-state index contributed by atoms with van der Waals surface area (Å²) in [6, 6.07) is 4.70. The number of nitrogens with zero attached hydrogens (tertiary/aromatic N) is 1. The second-order valence-corrected chi connectivity index (χ2v) is 4.45. The van der Waals surface area contributed by atoms with Crippen molar-refractivity contribution in [3.05, 3.63) is 23.8 Å². The Morgan fingerprint density at radius 2 is 2.05 bits per heavy atom. The number of nitrogens with one attached hydrogen (secondary N) is 1. The molecule has 2 rings (SSSR count). The fourth-order valence-corrected chi connectivity index (χ4v) is 2.05. The molecule has 1 aliphatic heterocycles. The summed E-state index contributed by atoms with van der Waals surface area (Å²) in [6.07, 6.45) is 0. The third-order valence-electron chi connectivity index (χ3n) is 3.11. The number of amides is 2. The molecule has 0 unspecified atom stereocenters. The summed E-state index contributed by atoms with van der Waals surface area (Å²) in [5.41, 5.74) is 0.678. The van der Waals surface area contributed by atoms with Crippen molar-refractivity contribution < 1.29 is 23.9 Å². The molecule has 1 aliphatic rings. The molecule has 0 radical (unpaired) electrons. The average Bonchev–Trinajstić information content (AvgIpc) is 2.72. The second kappa shape index (κ2) is 6.36. The lowest BCUT2D eigenvalue weighted by Crippen LogP contribution is -2.41. The SMILES string of the molecule is COCCNC(=O)CN1C(=O)C(=O)c2ccc(OC)cc21. The minimum absolute atomic E-state index is 0.214. The smallest absolute Gasteiger partial charge is 0.299 e. The first kappa shape index (κ1) is 15.0. The largest absolute Gasteiger partial charge is 0.497 e. The van der Waals surface area contributed by atoms with Crippen molar-refractivity contribution in [1.82, 2.24) is 5.32 Å². The Hall–Kier alpha value is -2.41. The monoisotopic (exact) mass is 292 g/mol. The van der Waals surface area contributed by atoms with Gasteiger partial charge in [-0.3, -0.25) is 19.3 Å². The fraction of sp³-hybridized carbons (Fsp3) is 0.357. The predicted octanol–water partition coefficient (Wildman–Crippen LogP) is -0.0129. The van der Waals surface area contributed by atoms with E-state index in [-0.39, 0.29) is 18.0 Å². The molecular formula is C14H16N2O5. The van der Waals surface area contributed by atoms with E-state index in [1.54, 1.807) is 12.1 Å². The first-order valence-corrected chi connectivity index (χ1v) is 6.38. The van der Waals surface area contributed by atoms with E-state index in [1.165, 1.54) is 20.3 Å². The van der Waals surface area contributed by atoms with Crippen molar-refractivity contribution in [2.45, 2.75) is 0 Å². The summed E-state index contributed by atoms with van der Waals surface area (Å²) in [6.45, 7) is 0.508. The van der Waals surface area contributed by atoms with Crippen LogP contribution in [0.1, 0.15) is 10.4 Å². The highest BCUT2D eigenvalue weighted by molar-refractivity contribution is 6.52. The Kier molecular flexibility index (Phi) is 4.54. The van der Waals surface area contributed by atoms with Crippen molar-refractivity contribution >= 4 is 23.3 Å². The Morgan fingerprint density at radius 1 is 1.29 bits per heavy atom. The molecule has 0 aliphatic carbocycles.